The first kappa shape index (κ1) is 84.2. The lowest BCUT2D eigenvalue weighted by Gasteiger charge is -2.26. The molecule has 6 saturated heterocycles. The van der Waals surface area contributed by atoms with Gasteiger partial charge in [0.1, 0.15) is 169 Å². The molecule has 18 rings (SSSR count). The molecular weight excluding hydrogens is 1740 g/mol. The summed E-state index contributed by atoms with van der Waals surface area (Å²) in [7, 11) is -26.8. The normalized spacial score (nSPS) is 29.4. The maximum Gasteiger partial charge on any atom is 0.472 e. The largest absolute Gasteiger partial charge is 0.472 e. The number of phosphoric ester groups is 5. The predicted molar refractivity (Wildman–Crippen MR) is 408 cm³/mol. The van der Waals surface area contributed by atoms with E-state index in [0.29, 0.717) is 5.65 Å². The number of aliphatic hydroxyl groups excluding tert-OH is 1. The first-order chi connectivity index (χ1) is 58.9. The molecule has 23 atom stereocenters. The number of nitrogens with two attached hydrogens (primary N) is 7. The highest BCUT2D eigenvalue weighted by molar-refractivity contribution is 7.48. The van der Waals surface area contributed by atoms with Gasteiger partial charge in [0.15, 0.2) is 68.8 Å². The number of hydrogen-bond acceptors (Lipinski definition) is 47. The molecule has 656 valence electrons. The van der Waals surface area contributed by atoms with Crippen molar-refractivity contribution in [2.75, 3.05) is 74.0 Å². The third-order valence-corrected chi connectivity index (χ3v) is 25.9. The van der Waals surface area contributed by atoms with E-state index in [-0.39, 0.29) is 128 Å². The molecule has 0 bridgehead atoms. The second kappa shape index (κ2) is 33.3. The van der Waals surface area contributed by atoms with Crippen molar-refractivity contribution in [3.05, 3.63) is 75.9 Å². The predicted octanol–water partition coefficient (Wildman–Crippen LogP) is 0.0746. The molecule has 6 aliphatic rings. The molecule has 63 heteroatoms. The minimum Gasteiger partial charge on any atom is -0.390 e. The average molecular weight is 1820 g/mol. The standard InChI is InChI=1S/C60H74N31O27P5/c61-7-31-26(2-38(108-31)87-20-81-44-50(63)69-14-75-56(44)87)114-120(95,96)104-9-33-28(4-40(110-33)89-22-83-46-52(65)71-16-77-58(46)89)116-122(99,100)106-11-35-30(6-42(112-35)91-24-85-48-54(67)73-18-79-60(48)91)118-123(101,102)107-12-36-29(5-41(113-36)90-23-84-47-53(66)72-17-78-59(47)90)117-121(97,98)105-10-34-27(3-39(111-34)88-21-82-45-51(64)70-15-76-57(45)88)115-119(93,94)103-8-32-25(92)1-37(109-32)86-19-80-43-49(62)68-13-74-55(43)86/h13-42,92H,1-12,61H2,(H,93,94)(H,95,96)(H,97,98)(H,99,100)(H,101,102)(H2,62,68,74)(H2,63,69,75)(H2,64,70,76)(H2,65,71,77)(H2,66,72,78)(H2,67,73,79)/t25-,26-,27-,28-,29-,30-,31+,32+,33+,34+,35+,36+,37+,38+,39+,40+,41+,42+/m0/s1. The lowest BCUT2D eigenvalue weighted by molar-refractivity contribution is -0.0634. The fourth-order valence-electron chi connectivity index (χ4n) is 15.1. The smallest absolute Gasteiger partial charge is 0.390 e. The first-order valence-electron chi connectivity index (χ1n) is 37.0. The van der Waals surface area contributed by atoms with Gasteiger partial charge in [-0.15, -0.1) is 0 Å². The molecule has 0 amide bonds. The second-order valence-electron chi connectivity index (χ2n) is 28.5. The van der Waals surface area contributed by atoms with Crippen molar-refractivity contribution in [3.8, 4) is 0 Å². The van der Waals surface area contributed by atoms with Gasteiger partial charge in [0, 0.05) is 45.1 Å². The van der Waals surface area contributed by atoms with Crippen LogP contribution < -0.4 is 40.1 Å². The number of phosphoric acid groups is 5. The topological polar surface area (TPSA) is 798 Å². The number of rotatable bonds is 32. The van der Waals surface area contributed by atoms with Crippen LogP contribution in [0.4, 0.5) is 34.9 Å². The summed E-state index contributed by atoms with van der Waals surface area (Å²) in [6, 6.07) is 0. The number of aliphatic hydroxyl groups is 1. The van der Waals surface area contributed by atoms with Crippen molar-refractivity contribution in [2.24, 2.45) is 5.73 Å². The van der Waals surface area contributed by atoms with Gasteiger partial charge in [0.05, 0.1) is 83.2 Å². The van der Waals surface area contributed by atoms with E-state index in [1.807, 2.05) is 0 Å². The average Bonchev–Trinajstić information content (AvgIpc) is 1.64. The molecule has 123 heavy (non-hydrogen) atoms. The Balaban J connectivity index is 0.561. The Bertz CT molecular complexity index is 6210. The van der Waals surface area contributed by atoms with Gasteiger partial charge < -0.3 is 98.1 Å². The summed E-state index contributed by atoms with van der Waals surface area (Å²) in [5.41, 5.74) is 44.7. The zero-order valence-electron chi connectivity index (χ0n) is 63.1. The van der Waals surface area contributed by atoms with Crippen molar-refractivity contribution in [2.45, 2.75) is 149 Å². The lowest BCUT2D eigenvalue weighted by Crippen LogP contribution is -2.32. The summed E-state index contributed by atoms with van der Waals surface area (Å²) in [5, 5.41) is 11.1. The van der Waals surface area contributed by atoms with Gasteiger partial charge in [-0.2, -0.15) is 0 Å². The number of imidazole rings is 6. The van der Waals surface area contributed by atoms with Crippen LogP contribution in [0, 0.1) is 0 Å². The van der Waals surface area contributed by atoms with Crippen LogP contribution in [0.2, 0.25) is 0 Å². The summed E-state index contributed by atoms with van der Waals surface area (Å²) in [6.45, 7) is -4.68. The Kier molecular flexibility index (Phi) is 22.8. The van der Waals surface area contributed by atoms with Crippen molar-refractivity contribution in [1.82, 2.24) is 117 Å². The van der Waals surface area contributed by atoms with E-state index in [4.69, 9.17) is 114 Å². The van der Waals surface area contributed by atoms with Crippen molar-refractivity contribution in [3.63, 3.8) is 0 Å². The van der Waals surface area contributed by atoms with Crippen LogP contribution >= 0.6 is 39.1 Å². The van der Waals surface area contributed by atoms with Crippen LogP contribution in [0.5, 0.6) is 0 Å². The monoisotopic (exact) mass is 1820 g/mol. The third-order valence-electron chi connectivity index (χ3n) is 20.9. The molecule has 0 radical (unpaired) electrons. The number of hydrogen-bond donors (Lipinski definition) is 13. The van der Waals surface area contributed by atoms with Crippen LogP contribution in [0.1, 0.15) is 75.9 Å². The minimum absolute atomic E-state index is 0.00641. The highest BCUT2D eigenvalue weighted by Gasteiger charge is 2.52. The summed E-state index contributed by atoms with van der Waals surface area (Å²) in [6.07, 6.45) is -10.5. The van der Waals surface area contributed by atoms with Crippen LogP contribution in [-0.2, 0) is 96.5 Å². The van der Waals surface area contributed by atoms with Crippen LogP contribution in [0.3, 0.4) is 0 Å². The number of nitrogen functional groups attached to an aromatic ring is 6. The van der Waals surface area contributed by atoms with E-state index in [9.17, 15) is 52.4 Å². The highest BCUT2D eigenvalue weighted by Crippen LogP contribution is 2.57. The Morgan fingerprint density at radius 3 is 0.699 bits per heavy atom. The quantitative estimate of drug-likeness (QED) is 0.0248. The van der Waals surface area contributed by atoms with Gasteiger partial charge in [-0.05, 0) is 0 Å². The van der Waals surface area contributed by atoms with E-state index in [1.165, 1.54) is 78.0 Å². The van der Waals surface area contributed by atoms with Gasteiger partial charge in [0.25, 0.3) is 0 Å². The molecule has 0 aliphatic carbocycles. The zero-order chi connectivity index (χ0) is 85.8. The number of ether oxygens (including phenoxy) is 6. The summed E-state index contributed by atoms with van der Waals surface area (Å²) in [4.78, 5) is 133. The van der Waals surface area contributed by atoms with Crippen LogP contribution in [-0.4, -0.2) is 260 Å². The Morgan fingerprint density at radius 2 is 0.480 bits per heavy atom. The lowest BCUT2D eigenvalue weighted by atomic mass is 10.2. The van der Waals surface area contributed by atoms with Gasteiger partial charge in [-0.1, -0.05) is 0 Å². The molecule has 6 fully saturated rings. The summed E-state index contributed by atoms with van der Waals surface area (Å²) < 4.78 is 174. The SMILES string of the molecule is NC[C@H]1O[C@@H](n2cnc3c(N)ncnc32)C[C@@H]1OP(=O)(O)OC[C@H]1O[C@@H](n2cnc3c(N)ncnc32)C[C@@H]1OP(=O)(O)OC[C@H]1O[C@@H](n2cnc3c(N)ncnc32)C[C@@H]1OP(=O)(O)OC[C@H]1O[C@@H](n2cnc3c(N)ncnc32)C[C@@H]1OP(=O)(O)OC[C@H]1O[C@@H](n2cnc3c(N)ncnc32)C[C@@H]1OP(=O)(O)OC[C@H]1O[C@@H](n2cnc3c(N)ncnc32)C[C@@H]1O. The number of anilines is 6. The minimum atomic E-state index is -5.53. The molecule has 12 aromatic rings. The van der Waals surface area contributed by atoms with E-state index in [2.05, 4.69) is 89.7 Å². The highest BCUT2D eigenvalue weighted by atomic mass is 31.2. The van der Waals surface area contributed by atoms with Crippen LogP contribution in [0.25, 0.3) is 67.0 Å². The van der Waals surface area contributed by atoms with Crippen LogP contribution in [0.15, 0.2) is 75.9 Å². The second-order valence-corrected chi connectivity index (χ2v) is 35.6. The van der Waals surface area contributed by atoms with Gasteiger partial charge in [-0.25, -0.2) is 113 Å². The van der Waals surface area contributed by atoms with E-state index in [1.54, 1.807) is 0 Å². The Hall–Kier alpha value is -9.67. The van der Waals surface area contributed by atoms with Crippen molar-refractivity contribution >= 4 is 141 Å². The van der Waals surface area contributed by atoms with Crippen molar-refractivity contribution < 1.29 is 126 Å². The maximum atomic E-state index is 14.6. The molecule has 20 N–H and O–H groups in total. The molecule has 6 aliphatic heterocycles. The van der Waals surface area contributed by atoms with Gasteiger partial charge in [-0.3, -0.25) is 72.6 Å². The van der Waals surface area contributed by atoms with E-state index in [0.717, 1.165) is 25.3 Å². The number of nitrogens with zero attached hydrogens (tertiary/aromatic N) is 24. The first-order valence-corrected chi connectivity index (χ1v) is 44.5. The van der Waals surface area contributed by atoms with E-state index < -0.39 is 196 Å². The molecule has 18 heterocycles. The molecule has 12 aromatic heterocycles. The summed E-state index contributed by atoms with van der Waals surface area (Å²) in [5.74, 6) is 0.0946. The number of fused-ring (bicyclic) bond motifs is 6. The van der Waals surface area contributed by atoms with E-state index >= 15 is 0 Å². The number of aromatic nitrogens is 24. The fourth-order valence-corrected chi connectivity index (χ4v) is 19.9. The Morgan fingerprint density at radius 1 is 0.293 bits per heavy atom. The van der Waals surface area contributed by atoms with Crippen molar-refractivity contribution in [1.29, 1.82) is 0 Å². The molecule has 0 saturated carbocycles. The fraction of sp³-hybridized carbons (Fsp3) is 0.500. The molecule has 0 spiro atoms. The Labute approximate surface area is 686 Å². The molecule has 5 unspecified atom stereocenters. The third kappa shape index (κ3) is 17.3. The van der Waals surface area contributed by atoms with Gasteiger partial charge in [0.2, 0.25) is 0 Å². The molecule has 58 nitrogen and oxygen atoms in total. The maximum absolute atomic E-state index is 14.6. The summed E-state index contributed by atoms with van der Waals surface area (Å²) >= 11 is 0. The molecule has 0 aromatic carbocycles. The molecular formula is C60H74N31O27P5. The van der Waals surface area contributed by atoms with Gasteiger partial charge >= 0.3 is 39.1 Å². The zero-order valence-corrected chi connectivity index (χ0v) is 67.5.